The molecule has 130 valence electrons. The van der Waals surface area contributed by atoms with E-state index in [9.17, 15) is 9.18 Å². The molecule has 4 aromatic rings. The number of hydrogen-bond acceptors (Lipinski definition) is 3. The Morgan fingerprint density at radius 3 is 2.92 bits per heavy atom. The van der Waals surface area contributed by atoms with E-state index in [2.05, 4.69) is 10.3 Å². The summed E-state index contributed by atoms with van der Waals surface area (Å²) in [5.74, 6) is -0.432. The molecule has 6 heteroatoms. The molecule has 0 bridgehead atoms. The number of amides is 1. The van der Waals surface area contributed by atoms with Crippen LogP contribution in [0.5, 0.6) is 0 Å². The van der Waals surface area contributed by atoms with E-state index in [0.29, 0.717) is 16.4 Å². The molecule has 2 heterocycles. The quantitative estimate of drug-likeness (QED) is 0.573. The van der Waals surface area contributed by atoms with Crippen molar-refractivity contribution in [3.8, 4) is 11.3 Å². The van der Waals surface area contributed by atoms with E-state index in [4.69, 9.17) is 0 Å². The highest BCUT2D eigenvalue weighted by Crippen LogP contribution is 2.26. The first-order valence-electron chi connectivity index (χ1n) is 8.14. The SMILES string of the molecule is Cn1cc(CC(=O)Nc2nc(-c3cccc(F)c3)cs2)c2ccccc21. The Morgan fingerprint density at radius 1 is 1.23 bits per heavy atom. The number of thiazole rings is 1. The summed E-state index contributed by atoms with van der Waals surface area (Å²) in [6.07, 6.45) is 2.25. The van der Waals surface area contributed by atoms with Crippen LogP contribution in [0.4, 0.5) is 9.52 Å². The minimum Gasteiger partial charge on any atom is -0.350 e. The van der Waals surface area contributed by atoms with Gasteiger partial charge in [-0.25, -0.2) is 9.37 Å². The highest BCUT2D eigenvalue weighted by atomic mass is 32.1. The second kappa shape index (κ2) is 6.72. The van der Waals surface area contributed by atoms with Crippen molar-refractivity contribution in [2.45, 2.75) is 6.42 Å². The summed E-state index contributed by atoms with van der Waals surface area (Å²) >= 11 is 1.33. The summed E-state index contributed by atoms with van der Waals surface area (Å²) in [7, 11) is 1.97. The molecule has 0 saturated carbocycles. The second-order valence-corrected chi connectivity index (χ2v) is 6.91. The number of rotatable bonds is 4. The average Bonchev–Trinajstić information content (AvgIpc) is 3.21. The molecule has 4 nitrogen and oxygen atoms in total. The number of fused-ring (bicyclic) bond motifs is 1. The number of halogens is 1. The van der Waals surface area contributed by atoms with E-state index < -0.39 is 0 Å². The third-order valence-corrected chi connectivity index (χ3v) is 4.96. The van der Waals surface area contributed by atoms with Crippen molar-refractivity contribution in [1.29, 1.82) is 0 Å². The Labute approximate surface area is 153 Å². The number of hydrogen-bond donors (Lipinski definition) is 1. The first kappa shape index (κ1) is 16.5. The standard InChI is InChI=1S/C20H16FN3OS/c1-24-11-14(16-7-2-3-8-18(16)24)10-19(25)23-20-22-17(12-26-20)13-5-4-6-15(21)9-13/h2-9,11-12H,10H2,1H3,(H,22,23,25). The van der Waals surface area contributed by atoms with Gasteiger partial charge in [0.05, 0.1) is 12.1 Å². The Hall–Kier alpha value is -2.99. The highest BCUT2D eigenvalue weighted by molar-refractivity contribution is 7.14. The van der Waals surface area contributed by atoms with E-state index in [1.165, 1.54) is 23.5 Å². The van der Waals surface area contributed by atoms with Crippen LogP contribution in [0, 0.1) is 5.82 Å². The zero-order chi connectivity index (χ0) is 18.1. The number of carbonyl (C=O) groups is 1. The topological polar surface area (TPSA) is 46.9 Å². The molecule has 4 rings (SSSR count). The van der Waals surface area contributed by atoms with Crippen molar-refractivity contribution in [1.82, 2.24) is 9.55 Å². The van der Waals surface area contributed by atoms with Gasteiger partial charge in [-0.15, -0.1) is 11.3 Å². The van der Waals surface area contributed by atoms with Crippen LogP contribution in [0.2, 0.25) is 0 Å². The van der Waals surface area contributed by atoms with Gasteiger partial charge in [0, 0.05) is 35.1 Å². The van der Waals surface area contributed by atoms with E-state index >= 15 is 0 Å². The fraction of sp³-hybridized carbons (Fsp3) is 0.100. The first-order valence-corrected chi connectivity index (χ1v) is 9.02. The molecule has 0 aliphatic heterocycles. The molecule has 1 N–H and O–H groups in total. The van der Waals surface area contributed by atoms with E-state index in [1.54, 1.807) is 12.1 Å². The maximum Gasteiger partial charge on any atom is 0.230 e. The van der Waals surface area contributed by atoms with Gasteiger partial charge in [-0.05, 0) is 23.8 Å². The summed E-state index contributed by atoms with van der Waals surface area (Å²) in [5.41, 5.74) is 3.41. The molecule has 0 fully saturated rings. The number of anilines is 1. The van der Waals surface area contributed by atoms with E-state index in [-0.39, 0.29) is 18.1 Å². The lowest BCUT2D eigenvalue weighted by Crippen LogP contribution is -2.14. The molecule has 0 unspecified atom stereocenters. The molecule has 0 saturated heterocycles. The van der Waals surface area contributed by atoms with Gasteiger partial charge < -0.3 is 9.88 Å². The van der Waals surface area contributed by atoms with Gasteiger partial charge in [0.25, 0.3) is 0 Å². The highest BCUT2D eigenvalue weighted by Gasteiger charge is 2.12. The number of benzene rings is 2. The molecule has 1 amide bonds. The van der Waals surface area contributed by atoms with Gasteiger partial charge in [-0.1, -0.05) is 30.3 Å². The molecular weight excluding hydrogens is 349 g/mol. The van der Waals surface area contributed by atoms with Crippen LogP contribution in [0.25, 0.3) is 22.2 Å². The molecule has 0 atom stereocenters. The van der Waals surface area contributed by atoms with Gasteiger partial charge >= 0.3 is 0 Å². The molecule has 0 spiro atoms. The molecule has 0 aliphatic rings. The second-order valence-electron chi connectivity index (χ2n) is 6.06. The van der Waals surface area contributed by atoms with Gasteiger partial charge in [0.15, 0.2) is 5.13 Å². The van der Waals surface area contributed by atoms with Crippen LogP contribution in [-0.2, 0) is 18.3 Å². The molecule has 2 aromatic carbocycles. The maximum absolute atomic E-state index is 13.3. The Morgan fingerprint density at radius 2 is 2.08 bits per heavy atom. The third kappa shape index (κ3) is 3.23. The van der Waals surface area contributed by atoms with Crippen molar-refractivity contribution < 1.29 is 9.18 Å². The summed E-state index contributed by atoms with van der Waals surface area (Å²) in [6.45, 7) is 0. The van der Waals surface area contributed by atoms with Gasteiger partial charge in [-0.3, -0.25) is 4.79 Å². The van der Waals surface area contributed by atoms with Crippen LogP contribution in [-0.4, -0.2) is 15.5 Å². The van der Waals surface area contributed by atoms with E-state index in [1.807, 2.05) is 47.5 Å². The normalized spacial score (nSPS) is 11.0. The molecule has 2 aromatic heterocycles. The number of aryl methyl sites for hydroxylation is 1. The fourth-order valence-corrected chi connectivity index (χ4v) is 3.75. The zero-order valence-corrected chi connectivity index (χ0v) is 14.9. The smallest absolute Gasteiger partial charge is 0.230 e. The largest absolute Gasteiger partial charge is 0.350 e. The zero-order valence-electron chi connectivity index (χ0n) is 14.1. The summed E-state index contributed by atoms with van der Waals surface area (Å²) in [5, 5.41) is 6.23. The predicted molar refractivity (Wildman–Crippen MR) is 103 cm³/mol. The Kier molecular flexibility index (Phi) is 4.26. The predicted octanol–water partition coefficient (Wildman–Crippen LogP) is 4.62. The van der Waals surface area contributed by atoms with Crippen molar-refractivity contribution >= 4 is 33.3 Å². The minimum atomic E-state index is -0.308. The number of para-hydroxylation sites is 1. The van der Waals surface area contributed by atoms with Crippen molar-refractivity contribution in [3.05, 3.63) is 71.5 Å². The third-order valence-electron chi connectivity index (χ3n) is 4.20. The lowest BCUT2D eigenvalue weighted by Gasteiger charge is -2.01. The summed E-state index contributed by atoms with van der Waals surface area (Å²) in [6, 6.07) is 14.2. The molecule has 26 heavy (non-hydrogen) atoms. The lowest BCUT2D eigenvalue weighted by molar-refractivity contribution is -0.115. The first-order chi connectivity index (χ1) is 12.6. The van der Waals surface area contributed by atoms with Crippen LogP contribution in [0.1, 0.15) is 5.56 Å². The minimum absolute atomic E-state index is 0.124. The van der Waals surface area contributed by atoms with Crippen molar-refractivity contribution in [2.24, 2.45) is 7.05 Å². The van der Waals surface area contributed by atoms with Crippen LogP contribution >= 0.6 is 11.3 Å². The van der Waals surface area contributed by atoms with Crippen LogP contribution in [0.15, 0.2) is 60.1 Å². The number of nitrogens with one attached hydrogen (secondary N) is 1. The monoisotopic (exact) mass is 365 g/mol. The number of carbonyl (C=O) groups excluding carboxylic acids is 1. The maximum atomic E-state index is 13.3. The number of nitrogens with zero attached hydrogens (tertiary/aromatic N) is 2. The number of aromatic nitrogens is 2. The van der Waals surface area contributed by atoms with Gasteiger partial charge in [0.1, 0.15) is 5.82 Å². The average molecular weight is 365 g/mol. The van der Waals surface area contributed by atoms with Crippen LogP contribution < -0.4 is 5.32 Å². The molecular formula is C20H16FN3OS. The summed E-state index contributed by atoms with van der Waals surface area (Å²) in [4.78, 5) is 16.8. The van der Waals surface area contributed by atoms with Crippen molar-refractivity contribution in [3.63, 3.8) is 0 Å². The Balaban J connectivity index is 1.50. The lowest BCUT2D eigenvalue weighted by atomic mass is 10.1. The van der Waals surface area contributed by atoms with Crippen LogP contribution in [0.3, 0.4) is 0 Å². The summed E-state index contributed by atoms with van der Waals surface area (Å²) < 4.78 is 15.4. The van der Waals surface area contributed by atoms with Crippen molar-refractivity contribution in [2.75, 3.05) is 5.32 Å². The molecule has 0 aliphatic carbocycles. The fourth-order valence-electron chi connectivity index (χ4n) is 3.01. The Bertz CT molecular complexity index is 1100. The van der Waals surface area contributed by atoms with E-state index in [0.717, 1.165) is 16.5 Å². The van der Waals surface area contributed by atoms with Gasteiger partial charge in [-0.2, -0.15) is 0 Å². The molecule has 0 radical (unpaired) electrons. The van der Waals surface area contributed by atoms with Gasteiger partial charge in [0.2, 0.25) is 5.91 Å².